The molecular weight excluding hydrogens is 246 g/mol. The second-order valence-corrected chi connectivity index (χ2v) is 6.45. The molecule has 0 radical (unpaired) electrons. The Labute approximate surface area is 109 Å². The van der Waals surface area contributed by atoms with E-state index in [-0.39, 0.29) is 0 Å². The molecule has 1 aliphatic rings. The van der Waals surface area contributed by atoms with Gasteiger partial charge in [-0.05, 0) is 25.0 Å². The summed E-state index contributed by atoms with van der Waals surface area (Å²) in [5, 5.41) is 4.64. The number of fused-ring (bicyclic) bond motifs is 1. The van der Waals surface area contributed by atoms with Crippen molar-refractivity contribution < 1.29 is 8.63 Å². The minimum absolute atomic E-state index is 0.482. The highest BCUT2D eigenvalue weighted by Gasteiger charge is 2.17. The zero-order chi connectivity index (χ0) is 12.4. The van der Waals surface area contributed by atoms with Crippen molar-refractivity contribution in [3.63, 3.8) is 0 Å². The Hall–Kier alpha value is -1.13. The lowest BCUT2D eigenvalue weighted by Gasteiger charge is -2.21. The molecule has 0 bridgehead atoms. The summed E-state index contributed by atoms with van der Waals surface area (Å²) in [6.45, 7) is 0.756. The fourth-order valence-corrected chi connectivity index (χ4v) is 3.67. The van der Waals surface area contributed by atoms with E-state index in [9.17, 15) is 4.21 Å². The van der Waals surface area contributed by atoms with Crippen LogP contribution in [0.1, 0.15) is 18.6 Å². The number of hydrogen-bond acceptors (Lipinski definition) is 3. The molecule has 1 aromatic carbocycles. The number of nitrogens with one attached hydrogen (secondary N) is 1. The second kappa shape index (κ2) is 5.24. The maximum Gasteiger partial charge on any atom is 0.134 e. The molecule has 1 N–H and O–H groups in total. The first kappa shape index (κ1) is 11.9. The average molecular weight is 263 g/mol. The van der Waals surface area contributed by atoms with Crippen LogP contribution in [0.2, 0.25) is 0 Å². The first-order valence-electron chi connectivity index (χ1n) is 6.37. The Bertz CT molecular complexity index is 521. The molecule has 96 valence electrons. The van der Waals surface area contributed by atoms with Gasteiger partial charge in [0, 0.05) is 33.7 Å². The molecule has 3 nitrogen and oxygen atoms in total. The zero-order valence-corrected chi connectivity index (χ0v) is 11.0. The molecule has 0 spiro atoms. The van der Waals surface area contributed by atoms with Crippen LogP contribution < -0.4 is 5.32 Å². The van der Waals surface area contributed by atoms with Gasteiger partial charge >= 0.3 is 0 Å². The average Bonchev–Trinajstić information content (AvgIpc) is 2.81. The maximum atomic E-state index is 11.3. The molecule has 3 rings (SSSR count). The minimum atomic E-state index is -0.585. The predicted molar refractivity (Wildman–Crippen MR) is 74.0 cm³/mol. The lowest BCUT2D eigenvalue weighted by atomic mass is 10.1. The molecule has 18 heavy (non-hydrogen) atoms. The molecule has 2 aromatic rings. The van der Waals surface area contributed by atoms with Crippen molar-refractivity contribution in [2.24, 2.45) is 0 Å². The van der Waals surface area contributed by atoms with Gasteiger partial charge in [0.1, 0.15) is 11.3 Å². The van der Waals surface area contributed by atoms with E-state index in [1.54, 1.807) is 0 Å². The van der Waals surface area contributed by atoms with Crippen molar-refractivity contribution in [2.75, 3.05) is 11.5 Å². The first-order chi connectivity index (χ1) is 8.81. The summed E-state index contributed by atoms with van der Waals surface area (Å²) >= 11 is 0. The Kier molecular flexibility index (Phi) is 3.48. The zero-order valence-electron chi connectivity index (χ0n) is 10.2. The predicted octanol–water partition coefficient (Wildman–Crippen LogP) is 2.43. The summed E-state index contributed by atoms with van der Waals surface area (Å²) in [6.07, 6.45) is 2.01. The number of rotatable bonds is 3. The van der Waals surface area contributed by atoms with Gasteiger partial charge in [0.15, 0.2) is 0 Å². The van der Waals surface area contributed by atoms with Gasteiger partial charge < -0.3 is 9.73 Å². The van der Waals surface area contributed by atoms with Gasteiger partial charge in [0.05, 0.1) is 6.54 Å². The van der Waals surface area contributed by atoms with Gasteiger partial charge in [-0.3, -0.25) is 4.21 Å². The van der Waals surface area contributed by atoms with Crippen LogP contribution in [0.25, 0.3) is 11.0 Å². The van der Waals surface area contributed by atoms with Crippen molar-refractivity contribution in [1.82, 2.24) is 5.32 Å². The molecule has 2 heterocycles. The summed E-state index contributed by atoms with van der Waals surface area (Å²) in [6, 6.07) is 10.6. The van der Waals surface area contributed by atoms with Gasteiger partial charge in [-0.1, -0.05) is 18.2 Å². The third-order valence-electron chi connectivity index (χ3n) is 3.43. The van der Waals surface area contributed by atoms with Crippen LogP contribution in [-0.2, 0) is 17.3 Å². The van der Waals surface area contributed by atoms with Gasteiger partial charge in [-0.25, -0.2) is 0 Å². The van der Waals surface area contributed by atoms with E-state index in [1.165, 1.54) is 0 Å². The molecule has 0 saturated carbocycles. The monoisotopic (exact) mass is 263 g/mol. The Balaban J connectivity index is 1.61. The van der Waals surface area contributed by atoms with Crippen molar-refractivity contribution >= 4 is 21.8 Å². The molecule has 1 aromatic heterocycles. The highest BCUT2D eigenvalue weighted by molar-refractivity contribution is 7.85. The van der Waals surface area contributed by atoms with E-state index < -0.39 is 10.8 Å². The van der Waals surface area contributed by atoms with Crippen LogP contribution in [0.4, 0.5) is 0 Å². The molecule has 0 unspecified atom stereocenters. The van der Waals surface area contributed by atoms with Gasteiger partial charge in [-0.15, -0.1) is 0 Å². The molecular formula is C14H17NO2S. The molecule has 4 heteroatoms. The highest BCUT2D eigenvalue weighted by Crippen LogP contribution is 2.19. The van der Waals surface area contributed by atoms with Gasteiger partial charge in [-0.2, -0.15) is 0 Å². The first-order valence-corrected chi connectivity index (χ1v) is 7.86. The highest BCUT2D eigenvalue weighted by atomic mass is 32.2. The molecule has 0 aliphatic carbocycles. The maximum absolute atomic E-state index is 11.3. The van der Waals surface area contributed by atoms with Crippen LogP contribution in [0, 0.1) is 0 Å². The van der Waals surface area contributed by atoms with Crippen LogP contribution in [0.5, 0.6) is 0 Å². The van der Waals surface area contributed by atoms with Crippen molar-refractivity contribution in [3.05, 3.63) is 36.1 Å². The van der Waals surface area contributed by atoms with E-state index in [4.69, 9.17) is 4.42 Å². The summed E-state index contributed by atoms with van der Waals surface area (Å²) in [7, 11) is -0.585. The third-order valence-corrected chi connectivity index (χ3v) is 4.81. The van der Waals surface area contributed by atoms with E-state index in [1.807, 2.05) is 18.2 Å². The largest absolute Gasteiger partial charge is 0.460 e. The Morgan fingerprint density at radius 3 is 2.83 bits per heavy atom. The normalized spacial score (nSPS) is 24.4. The van der Waals surface area contributed by atoms with Crippen LogP contribution in [0.15, 0.2) is 34.7 Å². The van der Waals surface area contributed by atoms with Crippen LogP contribution in [-0.4, -0.2) is 21.8 Å². The van der Waals surface area contributed by atoms with Crippen molar-refractivity contribution in [1.29, 1.82) is 0 Å². The van der Waals surface area contributed by atoms with Crippen molar-refractivity contribution in [3.8, 4) is 0 Å². The molecule has 1 aliphatic heterocycles. The smallest absolute Gasteiger partial charge is 0.134 e. The minimum Gasteiger partial charge on any atom is -0.460 e. The Morgan fingerprint density at radius 2 is 2.06 bits per heavy atom. The van der Waals surface area contributed by atoms with Crippen molar-refractivity contribution in [2.45, 2.75) is 25.4 Å². The summed E-state index contributed by atoms with van der Waals surface area (Å²) in [4.78, 5) is 0. The number of benzene rings is 1. The third kappa shape index (κ3) is 2.65. The molecule has 1 saturated heterocycles. The number of furan rings is 1. The van der Waals surface area contributed by atoms with E-state index in [2.05, 4.69) is 17.4 Å². The van der Waals surface area contributed by atoms with Gasteiger partial charge in [0.2, 0.25) is 0 Å². The SMILES string of the molecule is O=S1CCC(NCc2cc3ccccc3o2)CC1. The van der Waals surface area contributed by atoms with Crippen LogP contribution >= 0.6 is 0 Å². The summed E-state index contributed by atoms with van der Waals surface area (Å²) in [5.41, 5.74) is 0.944. The lowest BCUT2D eigenvalue weighted by Crippen LogP contribution is -2.35. The van der Waals surface area contributed by atoms with Gasteiger partial charge in [0.25, 0.3) is 0 Å². The Morgan fingerprint density at radius 1 is 1.28 bits per heavy atom. The fourth-order valence-electron chi connectivity index (χ4n) is 2.37. The van der Waals surface area contributed by atoms with E-state index >= 15 is 0 Å². The fraction of sp³-hybridized carbons (Fsp3) is 0.429. The van der Waals surface area contributed by atoms with E-state index in [0.29, 0.717) is 6.04 Å². The number of para-hydroxylation sites is 1. The molecule has 0 atom stereocenters. The van der Waals surface area contributed by atoms with E-state index in [0.717, 1.165) is 47.6 Å². The van der Waals surface area contributed by atoms with Crippen LogP contribution in [0.3, 0.4) is 0 Å². The lowest BCUT2D eigenvalue weighted by molar-refractivity contribution is 0.436. The molecule has 1 fully saturated rings. The standard InChI is InChI=1S/C14H17NO2S/c16-18-7-5-12(6-8-18)15-10-13-9-11-3-1-2-4-14(11)17-13/h1-4,9,12,15H,5-8,10H2. The number of hydrogen-bond donors (Lipinski definition) is 1. The molecule has 0 amide bonds. The topological polar surface area (TPSA) is 42.2 Å². The summed E-state index contributed by atoms with van der Waals surface area (Å²) < 4.78 is 17.0. The second-order valence-electron chi connectivity index (χ2n) is 4.75. The quantitative estimate of drug-likeness (QED) is 0.925. The summed E-state index contributed by atoms with van der Waals surface area (Å²) in [5.74, 6) is 2.64.